The molecular formula is C11H24N2O2. The zero-order valence-corrected chi connectivity index (χ0v) is 10.3. The van der Waals surface area contributed by atoms with E-state index in [1.54, 1.807) is 6.92 Å². The molecule has 1 amide bonds. The van der Waals surface area contributed by atoms with Gasteiger partial charge in [0.25, 0.3) is 0 Å². The standard InChI is InChI=1S/C11H24N2O2/c1-5-9(3)10(4)12-7-8-13-11(14)15-6-2/h9-10,12H,5-8H2,1-4H3,(H,13,14). The molecule has 0 aromatic carbocycles. The summed E-state index contributed by atoms with van der Waals surface area (Å²) in [5, 5.41) is 6.03. The number of amides is 1. The highest BCUT2D eigenvalue weighted by molar-refractivity contribution is 5.66. The maximum atomic E-state index is 10.9. The van der Waals surface area contributed by atoms with E-state index in [0.717, 1.165) is 6.54 Å². The van der Waals surface area contributed by atoms with Gasteiger partial charge in [-0.05, 0) is 19.8 Å². The zero-order valence-electron chi connectivity index (χ0n) is 10.3. The van der Waals surface area contributed by atoms with Crippen molar-refractivity contribution in [2.45, 2.75) is 40.2 Å². The van der Waals surface area contributed by atoms with Gasteiger partial charge in [-0.25, -0.2) is 4.79 Å². The van der Waals surface area contributed by atoms with Crippen LogP contribution >= 0.6 is 0 Å². The van der Waals surface area contributed by atoms with Gasteiger partial charge in [0.2, 0.25) is 0 Å². The summed E-state index contributed by atoms with van der Waals surface area (Å²) < 4.78 is 4.74. The Kier molecular flexibility index (Phi) is 8.09. The van der Waals surface area contributed by atoms with Gasteiger partial charge in [-0.3, -0.25) is 0 Å². The van der Waals surface area contributed by atoms with E-state index in [9.17, 15) is 4.79 Å². The average Bonchev–Trinajstić information content (AvgIpc) is 2.23. The summed E-state index contributed by atoms with van der Waals surface area (Å²) in [7, 11) is 0. The Hall–Kier alpha value is -0.770. The Morgan fingerprint density at radius 3 is 2.47 bits per heavy atom. The van der Waals surface area contributed by atoms with Crippen LogP contribution in [0, 0.1) is 5.92 Å². The first-order chi connectivity index (χ1) is 7.11. The van der Waals surface area contributed by atoms with E-state index in [2.05, 4.69) is 31.4 Å². The minimum absolute atomic E-state index is 0.338. The van der Waals surface area contributed by atoms with Crippen LogP contribution in [0.25, 0.3) is 0 Å². The Morgan fingerprint density at radius 1 is 1.27 bits per heavy atom. The predicted octanol–water partition coefficient (Wildman–Crippen LogP) is 1.76. The number of rotatable bonds is 7. The van der Waals surface area contributed by atoms with Gasteiger partial charge in [0, 0.05) is 19.1 Å². The molecule has 0 radical (unpaired) electrons. The molecule has 0 aromatic rings. The molecule has 0 heterocycles. The molecule has 0 saturated carbocycles. The molecule has 0 aliphatic heterocycles. The molecule has 0 aliphatic carbocycles. The summed E-state index contributed by atoms with van der Waals surface area (Å²) in [6.07, 6.45) is 0.829. The molecule has 4 heteroatoms. The lowest BCUT2D eigenvalue weighted by atomic mass is 10.0. The molecule has 15 heavy (non-hydrogen) atoms. The zero-order chi connectivity index (χ0) is 11.7. The fraction of sp³-hybridized carbons (Fsp3) is 0.909. The van der Waals surface area contributed by atoms with Gasteiger partial charge in [-0.15, -0.1) is 0 Å². The van der Waals surface area contributed by atoms with E-state index < -0.39 is 0 Å². The Morgan fingerprint density at radius 2 is 1.93 bits per heavy atom. The number of nitrogens with one attached hydrogen (secondary N) is 2. The number of carbonyl (C=O) groups excluding carboxylic acids is 1. The van der Waals surface area contributed by atoms with Crippen LogP contribution in [0.1, 0.15) is 34.1 Å². The Balaban J connectivity index is 3.41. The molecule has 4 nitrogen and oxygen atoms in total. The van der Waals surface area contributed by atoms with Crippen molar-refractivity contribution < 1.29 is 9.53 Å². The first-order valence-electron chi connectivity index (χ1n) is 5.75. The fourth-order valence-corrected chi connectivity index (χ4v) is 1.20. The van der Waals surface area contributed by atoms with Crippen LogP contribution in [0.15, 0.2) is 0 Å². The number of ether oxygens (including phenoxy) is 1. The predicted molar refractivity (Wildman–Crippen MR) is 61.9 cm³/mol. The first-order valence-corrected chi connectivity index (χ1v) is 5.75. The second-order valence-electron chi connectivity index (χ2n) is 3.78. The van der Waals surface area contributed by atoms with Crippen LogP contribution in [-0.2, 0) is 4.74 Å². The lowest BCUT2D eigenvalue weighted by molar-refractivity contribution is 0.152. The van der Waals surface area contributed by atoms with E-state index in [-0.39, 0.29) is 6.09 Å². The van der Waals surface area contributed by atoms with E-state index in [4.69, 9.17) is 4.74 Å². The quantitative estimate of drug-likeness (QED) is 0.638. The smallest absolute Gasteiger partial charge is 0.407 e. The van der Waals surface area contributed by atoms with Crippen molar-refractivity contribution in [2.75, 3.05) is 19.7 Å². The van der Waals surface area contributed by atoms with Crippen molar-refractivity contribution in [2.24, 2.45) is 5.92 Å². The average molecular weight is 216 g/mol. The summed E-state index contributed by atoms with van der Waals surface area (Å²) in [6.45, 7) is 10.2. The van der Waals surface area contributed by atoms with Crippen LogP contribution in [0.5, 0.6) is 0 Å². The van der Waals surface area contributed by atoms with Gasteiger partial charge in [0.15, 0.2) is 0 Å². The van der Waals surface area contributed by atoms with Crippen molar-refractivity contribution in [3.05, 3.63) is 0 Å². The third-order valence-corrected chi connectivity index (χ3v) is 2.63. The molecule has 2 N–H and O–H groups in total. The largest absolute Gasteiger partial charge is 0.450 e. The van der Waals surface area contributed by atoms with E-state index in [0.29, 0.717) is 25.1 Å². The molecule has 2 unspecified atom stereocenters. The summed E-state index contributed by atoms with van der Waals surface area (Å²) >= 11 is 0. The van der Waals surface area contributed by atoms with Crippen LogP contribution in [0.2, 0.25) is 0 Å². The molecule has 0 aliphatic rings. The number of hydrogen-bond donors (Lipinski definition) is 2. The molecule has 0 aromatic heterocycles. The van der Waals surface area contributed by atoms with Crippen molar-refractivity contribution in [3.63, 3.8) is 0 Å². The van der Waals surface area contributed by atoms with Crippen molar-refractivity contribution in [1.82, 2.24) is 10.6 Å². The molecular weight excluding hydrogens is 192 g/mol. The van der Waals surface area contributed by atoms with Gasteiger partial charge in [0.05, 0.1) is 6.61 Å². The van der Waals surface area contributed by atoms with Crippen LogP contribution < -0.4 is 10.6 Å². The van der Waals surface area contributed by atoms with Gasteiger partial charge >= 0.3 is 6.09 Å². The normalized spacial score (nSPS) is 14.4. The highest BCUT2D eigenvalue weighted by Crippen LogP contribution is 2.05. The van der Waals surface area contributed by atoms with Crippen LogP contribution in [0.4, 0.5) is 4.79 Å². The minimum atomic E-state index is -0.338. The molecule has 2 atom stereocenters. The summed E-state index contributed by atoms with van der Waals surface area (Å²) in [4.78, 5) is 10.9. The highest BCUT2D eigenvalue weighted by atomic mass is 16.5. The monoisotopic (exact) mass is 216 g/mol. The summed E-state index contributed by atoms with van der Waals surface area (Å²) in [5.74, 6) is 0.660. The lowest BCUT2D eigenvalue weighted by Gasteiger charge is -2.19. The minimum Gasteiger partial charge on any atom is -0.450 e. The maximum Gasteiger partial charge on any atom is 0.407 e. The SMILES string of the molecule is CCOC(=O)NCCNC(C)C(C)CC. The fourth-order valence-electron chi connectivity index (χ4n) is 1.20. The van der Waals surface area contributed by atoms with Crippen molar-refractivity contribution >= 4 is 6.09 Å². The van der Waals surface area contributed by atoms with Gasteiger partial charge in [0.1, 0.15) is 0 Å². The third kappa shape index (κ3) is 7.19. The number of carbonyl (C=O) groups is 1. The third-order valence-electron chi connectivity index (χ3n) is 2.63. The van der Waals surface area contributed by atoms with Crippen LogP contribution in [-0.4, -0.2) is 31.8 Å². The van der Waals surface area contributed by atoms with Gasteiger partial charge in [-0.1, -0.05) is 20.3 Å². The Labute approximate surface area is 92.8 Å². The van der Waals surface area contributed by atoms with Crippen molar-refractivity contribution in [1.29, 1.82) is 0 Å². The topological polar surface area (TPSA) is 50.4 Å². The highest BCUT2D eigenvalue weighted by Gasteiger charge is 2.08. The molecule has 0 rings (SSSR count). The lowest BCUT2D eigenvalue weighted by Crippen LogP contribution is -2.38. The summed E-state index contributed by atoms with van der Waals surface area (Å²) in [6, 6.07) is 0.485. The molecule has 0 bridgehead atoms. The molecule has 0 spiro atoms. The van der Waals surface area contributed by atoms with Gasteiger partial charge < -0.3 is 15.4 Å². The van der Waals surface area contributed by atoms with Crippen molar-refractivity contribution in [3.8, 4) is 0 Å². The van der Waals surface area contributed by atoms with Crippen LogP contribution in [0.3, 0.4) is 0 Å². The first kappa shape index (κ1) is 14.2. The second kappa shape index (κ2) is 8.53. The van der Waals surface area contributed by atoms with E-state index in [1.807, 2.05) is 0 Å². The maximum absolute atomic E-state index is 10.9. The number of alkyl carbamates (subject to hydrolysis) is 1. The number of hydrogen-bond acceptors (Lipinski definition) is 3. The van der Waals surface area contributed by atoms with Gasteiger partial charge in [-0.2, -0.15) is 0 Å². The second-order valence-corrected chi connectivity index (χ2v) is 3.78. The molecule has 0 fully saturated rings. The molecule has 0 saturated heterocycles. The summed E-state index contributed by atoms with van der Waals surface area (Å²) in [5.41, 5.74) is 0. The van der Waals surface area contributed by atoms with E-state index in [1.165, 1.54) is 6.42 Å². The Bertz CT molecular complexity index is 174. The van der Waals surface area contributed by atoms with E-state index >= 15 is 0 Å². The molecule has 90 valence electrons.